The molecule has 0 spiro atoms. The maximum absolute atomic E-state index is 12.7. The number of halogens is 3. The first-order valence-electron chi connectivity index (χ1n) is 7.80. The average molecular weight is 347 g/mol. The van der Waals surface area contributed by atoms with E-state index in [0.717, 1.165) is 23.9 Å². The van der Waals surface area contributed by atoms with Crippen LogP contribution in [0.4, 0.5) is 13.2 Å². The van der Waals surface area contributed by atoms with Crippen LogP contribution in [0, 0.1) is 0 Å². The van der Waals surface area contributed by atoms with Crippen LogP contribution in [-0.4, -0.2) is 50.7 Å². The van der Waals surface area contributed by atoms with Crippen LogP contribution in [0.15, 0.2) is 0 Å². The molecule has 0 aromatic carbocycles. The molecule has 1 fully saturated rings. The number of hydrogen-bond acceptors (Lipinski definition) is 4. The third-order valence-corrected chi connectivity index (χ3v) is 3.73. The zero-order valence-corrected chi connectivity index (χ0v) is 13.2. The van der Waals surface area contributed by atoms with Crippen molar-refractivity contribution < 1.29 is 22.8 Å². The monoisotopic (exact) mass is 347 g/mol. The van der Waals surface area contributed by atoms with Crippen LogP contribution >= 0.6 is 0 Å². The Bertz CT molecular complexity index is 600. The summed E-state index contributed by atoms with van der Waals surface area (Å²) in [6.07, 6.45) is -1.48. The van der Waals surface area contributed by atoms with Crippen LogP contribution in [0.2, 0.25) is 0 Å². The zero-order valence-electron chi connectivity index (χ0n) is 13.2. The molecule has 1 saturated heterocycles. The maximum atomic E-state index is 12.7. The van der Waals surface area contributed by atoms with Gasteiger partial charge < -0.3 is 10.6 Å². The molecular weight excluding hydrogens is 327 g/mol. The second kappa shape index (κ2) is 7.63. The Hall–Kier alpha value is -2.13. The molecule has 10 heteroatoms. The predicted octanol–water partition coefficient (Wildman–Crippen LogP) is 0.813. The van der Waals surface area contributed by atoms with Gasteiger partial charge in [-0.25, -0.2) is 9.67 Å². The molecule has 2 heterocycles. The van der Waals surface area contributed by atoms with Crippen LogP contribution in [0.25, 0.3) is 0 Å². The highest BCUT2D eigenvalue weighted by atomic mass is 19.4. The molecule has 0 saturated carbocycles. The number of amides is 2. The van der Waals surface area contributed by atoms with E-state index in [1.54, 1.807) is 4.90 Å². The van der Waals surface area contributed by atoms with E-state index < -0.39 is 18.6 Å². The fraction of sp³-hybridized carbons (Fsp3) is 0.714. The molecule has 2 amide bonds. The molecule has 1 aliphatic heterocycles. The molecule has 0 radical (unpaired) electrons. The largest absolute Gasteiger partial charge is 0.408 e. The Morgan fingerprint density at radius 3 is 2.67 bits per heavy atom. The highest BCUT2D eigenvalue weighted by Gasteiger charge is 2.30. The molecule has 0 unspecified atom stereocenters. The zero-order chi connectivity index (χ0) is 17.7. The number of hydrogen-bond donors (Lipinski definition) is 1. The first-order valence-corrected chi connectivity index (χ1v) is 7.80. The topological polar surface area (TPSA) is 94.1 Å². The number of nitrogens with zero attached hydrogens (tertiary/aromatic N) is 4. The van der Waals surface area contributed by atoms with Gasteiger partial charge in [0.05, 0.1) is 6.42 Å². The van der Waals surface area contributed by atoms with Crippen molar-refractivity contribution in [2.24, 2.45) is 5.73 Å². The molecular formula is C14H20F3N5O2. The maximum Gasteiger partial charge on any atom is 0.408 e. The van der Waals surface area contributed by atoms with Gasteiger partial charge in [-0.15, -0.1) is 0 Å². The Morgan fingerprint density at radius 1 is 1.25 bits per heavy atom. The van der Waals surface area contributed by atoms with Crippen molar-refractivity contribution in [3.05, 3.63) is 11.6 Å². The van der Waals surface area contributed by atoms with Crippen LogP contribution in [0.1, 0.15) is 37.3 Å². The minimum absolute atomic E-state index is 0.00625. The van der Waals surface area contributed by atoms with E-state index in [1.807, 2.05) is 0 Å². The third-order valence-electron chi connectivity index (χ3n) is 3.73. The Labute approximate surface area is 137 Å². The van der Waals surface area contributed by atoms with Gasteiger partial charge in [0.25, 0.3) is 0 Å². The Kier molecular flexibility index (Phi) is 5.79. The number of aromatic nitrogens is 3. The average Bonchev–Trinajstić information content (AvgIpc) is 2.66. The summed E-state index contributed by atoms with van der Waals surface area (Å²) in [5.41, 5.74) is 5.03. The molecule has 0 aliphatic carbocycles. The molecule has 2 N–H and O–H groups in total. The predicted molar refractivity (Wildman–Crippen MR) is 77.7 cm³/mol. The lowest BCUT2D eigenvalue weighted by molar-refractivity contribution is -0.143. The summed E-state index contributed by atoms with van der Waals surface area (Å²) in [5, 5.41) is 3.72. The summed E-state index contributed by atoms with van der Waals surface area (Å²) in [4.78, 5) is 28.5. The summed E-state index contributed by atoms with van der Waals surface area (Å²) in [6, 6.07) is 0. The molecule has 1 aromatic heterocycles. The molecule has 7 nitrogen and oxygen atoms in total. The number of alkyl halides is 3. The van der Waals surface area contributed by atoms with Gasteiger partial charge in [0.15, 0.2) is 5.82 Å². The number of primary amides is 1. The van der Waals surface area contributed by atoms with Crippen LogP contribution in [0.5, 0.6) is 0 Å². The van der Waals surface area contributed by atoms with E-state index in [9.17, 15) is 22.8 Å². The SMILES string of the molecule is NC(=O)Cc1nc(CCN2CCCCCC2=O)n(CC(F)(F)F)n1. The lowest BCUT2D eigenvalue weighted by Crippen LogP contribution is -2.33. The third kappa shape index (κ3) is 5.50. The summed E-state index contributed by atoms with van der Waals surface area (Å²) >= 11 is 0. The summed E-state index contributed by atoms with van der Waals surface area (Å²) in [5.74, 6) is -0.648. The van der Waals surface area contributed by atoms with Gasteiger partial charge in [-0.05, 0) is 12.8 Å². The van der Waals surface area contributed by atoms with Gasteiger partial charge in [0, 0.05) is 25.9 Å². The van der Waals surface area contributed by atoms with E-state index >= 15 is 0 Å². The lowest BCUT2D eigenvalue weighted by Gasteiger charge is -2.20. The Balaban J connectivity index is 2.09. The van der Waals surface area contributed by atoms with E-state index in [4.69, 9.17) is 5.73 Å². The second-order valence-electron chi connectivity index (χ2n) is 5.80. The number of rotatable bonds is 6. The van der Waals surface area contributed by atoms with Crippen molar-refractivity contribution >= 4 is 11.8 Å². The molecule has 134 valence electrons. The van der Waals surface area contributed by atoms with Crippen LogP contribution < -0.4 is 5.73 Å². The molecule has 2 rings (SSSR count). The normalized spacial score (nSPS) is 16.3. The smallest absolute Gasteiger partial charge is 0.369 e. The van der Waals surface area contributed by atoms with Gasteiger partial charge in [-0.1, -0.05) is 6.42 Å². The number of carbonyl (C=O) groups is 2. The number of likely N-dealkylation sites (tertiary alicyclic amines) is 1. The van der Waals surface area contributed by atoms with Gasteiger partial charge in [0.2, 0.25) is 11.8 Å². The second-order valence-corrected chi connectivity index (χ2v) is 5.80. The van der Waals surface area contributed by atoms with Crippen molar-refractivity contribution in [3.63, 3.8) is 0 Å². The standard InChI is InChI=1S/C14H20F3N5O2/c15-14(16,17)9-22-12(19-11(20-22)8-10(18)23)5-7-21-6-3-1-2-4-13(21)24/h1-9H2,(H2,18,23). The van der Waals surface area contributed by atoms with Gasteiger partial charge in [0.1, 0.15) is 12.4 Å². The summed E-state index contributed by atoms with van der Waals surface area (Å²) in [6.45, 7) is -0.409. The van der Waals surface area contributed by atoms with E-state index in [0.29, 0.717) is 13.0 Å². The summed E-state index contributed by atoms with van der Waals surface area (Å²) in [7, 11) is 0. The minimum atomic E-state index is -4.45. The first-order chi connectivity index (χ1) is 11.2. The summed E-state index contributed by atoms with van der Waals surface area (Å²) < 4.78 is 38.7. The lowest BCUT2D eigenvalue weighted by atomic mass is 10.2. The van der Waals surface area contributed by atoms with E-state index in [1.165, 1.54) is 0 Å². The van der Waals surface area contributed by atoms with E-state index in [-0.39, 0.29) is 36.9 Å². The Morgan fingerprint density at radius 2 is 2.00 bits per heavy atom. The minimum Gasteiger partial charge on any atom is -0.369 e. The van der Waals surface area contributed by atoms with Crippen LogP contribution in [0.3, 0.4) is 0 Å². The van der Waals surface area contributed by atoms with Gasteiger partial charge in [-0.2, -0.15) is 18.3 Å². The van der Waals surface area contributed by atoms with Crippen molar-refractivity contribution in [1.82, 2.24) is 19.7 Å². The van der Waals surface area contributed by atoms with Crippen LogP contribution in [-0.2, 0) is 29.0 Å². The van der Waals surface area contributed by atoms with Crippen molar-refractivity contribution in [3.8, 4) is 0 Å². The quantitative estimate of drug-likeness (QED) is 0.824. The van der Waals surface area contributed by atoms with Crippen molar-refractivity contribution in [2.45, 2.75) is 51.2 Å². The highest BCUT2D eigenvalue weighted by molar-refractivity contribution is 5.76. The van der Waals surface area contributed by atoms with Gasteiger partial charge in [-0.3, -0.25) is 9.59 Å². The number of carbonyl (C=O) groups excluding carboxylic acids is 2. The fourth-order valence-electron chi connectivity index (χ4n) is 2.65. The first kappa shape index (κ1) is 18.2. The molecule has 24 heavy (non-hydrogen) atoms. The molecule has 1 aromatic rings. The highest BCUT2D eigenvalue weighted by Crippen LogP contribution is 2.19. The van der Waals surface area contributed by atoms with Crippen molar-refractivity contribution in [1.29, 1.82) is 0 Å². The fourth-order valence-corrected chi connectivity index (χ4v) is 2.65. The number of nitrogens with two attached hydrogens (primary N) is 1. The van der Waals surface area contributed by atoms with E-state index in [2.05, 4.69) is 10.1 Å². The molecule has 0 bridgehead atoms. The van der Waals surface area contributed by atoms with Crippen molar-refractivity contribution in [2.75, 3.05) is 13.1 Å². The molecule has 1 aliphatic rings. The van der Waals surface area contributed by atoms with Gasteiger partial charge >= 0.3 is 6.18 Å². The molecule has 0 atom stereocenters.